The van der Waals surface area contributed by atoms with Crippen LogP contribution in [0.15, 0.2) is 29.2 Å². The summed E-state index contributed by atoms with van der Waals surface area (Å²) in [6.45, 7) is 4.46. The van der Waals surface area contributed by atoms with Crippen molar-refractivity contribution in [3.8, 4) is 0 Å². The Morgan fingerprint density at radius 3 is 2.41 bits per heavy atom. The van der Waals surface area contributed by atoms with E-state index in [2.05, 4.69) is 14.4 Å². The van der Waals surface area contributed by atoms with Crippen molar-refractivity contribution >= 4 is 28.2 Å². The van der Waals surface area contributed by atoms with Gasteiger partial charge in [-0.1, -0.05) is 6.07 Å². The highest BCUT2D eigenvalue weighted by atomic mass is 32.2. The van der Waals surface area contributed by atoms with E-state index < -0.39 is 15.8 Å². The molecule has 0 amide bonds. The van der Waals surface area contributed by atoms with Gasteiger partial charge in [0.2, 0.25) is 20.7 Å². The molecule has 2 aromatic rings. The molecule has 1 aromatic heterocycles. The third-order valence-electron chi connectivity index (χ3n) is 6.50. The Hall–Kier alpha value is -1.82. The van der Waals surface area contributed by atoms with Crippen LogP contribution in [-0.4, -0.2) is 71.2 Å². The number of rotatable bonds is 6. The molecule has 3 fully saturated rings. The van der Waals surface area contributed by atoms with Gasteiger partial charge in [-0.15, -0.1) is 5.10 Å². The summed E-state index contributed by atoms with van der Waals surface area (Å²) in [5.74, 6) is 0.444. The van der Waals surface area contributed by atoms with Crippen molar-refractivity contribution in [1.29, 1.82) is 0 Å². The van der Waals surface area contributed by atoms with E-state index in [0.717, 1.165) is 42.7 Å². The van der Waals surface area contributed by atoms with E-state index in [4.69, 9.17) is 17.3 Å². The highest BCUT2D eigenvalue weighted by Crippen LogP contribution is 2.38. The predicted octanol–water partition coefficient (Wildman–Crippen LogP) is 2.84. The van der Waals surface area contributed by atoms with Gasteiger partial charge in [0.1, 0.15) is 5.82 Å². The van der Waals surface area contributed by atoms with Gasteiger partial charge >= 0.3 is 0 Å². The number of halogens is 1. The molecule has 0 radical (unpaired) electrons. The molecule has 0 spiro atoms. The minimum absolute atomic E-state index is 0.00233. The maximum absolute atomic E-state index is 13.5. The quantitative estimate of drug-likeness (QED) is 0.593. The zero-order valence-electron chi connectivity index (χ0n) is 18.1. The maximum Gasteiger partial charge on any atom is 0.243 e. The molecule has 32 heavy (non-hydrogen) atoms. The van der Waals surface area contributed by atoms with Crippen molar-refractivity contribution < 1.29 is 12.8 Å². The number of aromatic nitrogens is 3. The largest absolute Gasteiger partial charge is 0.341 e. The molecule has 5 rings (SSSR count). The maximum atomic E-state index is 13.5. The van der Waals surface area contributed by atoms with Gasteiger partial charge in [0, 0.05) is 45.3 Å². The zero-order chi connectivity index (χ0) is 22.3. The Bertz CT molecular complexity index is 1130. The molecule has 0 unspecified atom stereocenters. The fourth-order valence-electron chi connectivity index (χ4n) is 4.54. The van der Waals surface area contributed by atoms with Gasteiger partial charge in [0.05, 0.1) is 11.6 Å². The van der Waals surface area contributed by atoms with Gasteiger partial charge in [-0.25, -0.2) is 17.5 Å². The Morgan fingerprint density at radius 1 is 1.03 bits per heavy atom. The number of anilines is 1. The van der Waals surface area contributed by atoms with Crippen LogP contribution in [0.25, 0.3) is 0 Å². The molecule has 1 aliphatic carbocycles. The molecule has 2 aliphatic heterocycles. The molecule has 3 heterocycles. The van der Waals surface area contributed by atoms with E-state index in [0.29, 0.717) is 38.9 Å². The first-order valence-electron chi connectivity index (χ1n) is 11.4. The van der Waals surface area contributed by atoms with E-state index in [9.17, 15) is 12.8 Å². The fourth-order valence-corrected chi connectivity index (χ4v) is 6.32. The van der Waals surface area contributed by atoms with Crippen LogP contribution < -0.4 is 4.90 Å². The van der Waals surface area contributed by atoms with Crippen LogP contribution in [0.2, 0.25) is 0 Å². The second-order valence-corrected chi connectivity index (χ2v) is 11.2. The van der Waals surface area contributed by atoms with E-state index >= 15 is 0 Å². The lowest BCUT2D eigenvalue weighted by atomic mass is 10.1. The predicted molar refractivity (Wildman–Crippen MR) is 122 cm³/mol. The Balaban J connectivity index is 1.28. The number of piperazine rings is 1. The van der Waals surface area contributed by atoms with Crippen LogP contribution in [-0.2, 0) is 16.7 Å². The van der Waals surface area contributed by atoms with E-state index in [1.165, 1.54) is 41.8 Å². The molecule has 1 saturated carbocycles. The van der Waals surface area contributed by atoms with E-state index in [-0.39, 0.29) is 4.90 Å². The van der Waals surface area contributed by atoms with Crippen molar-refractivity contribution in [3.05, 3.63) is 34.9 Å². The molecule has 0 atom stereocenters. The molecular weight excluding hydrogens is 451 g/mol. The summed E-state index contributed by atoms with van der Waals surface area (Å²) < 4.78 is 45.6. The second kappa shape index (κ2) is 8.85. The smallest absolute Gasteiger partial charge is 0.243 e. The summed E-state index contributed by atoms with van der Waals surface area (Å²) in [4.78, 5) is 4.54. The SMILES string of the molecule is O=S(=O)(c1cccc(F)c1)N1CCN(Cn2nc(N3CCCCC3)n(C3CC3)c2=S)CC1. The highest BCUT2D eigenvalue weighted by molar-refractivity contribution is 7.89. The highest BCUT2D eigenvalue weighted by Gasteiger charge is 2.32. The van der Waals surface area contributed by atoms with Gasteiger partial charge in [0.25, 0.3) is 0 Å². The Morgan fingerprint density at radius 2 is 1.75 bits per heavy atom. The van der Waals surface area contributed by atoms with E-state index in [1.54, 1.807) is 0 Å². The summed E-state index contributed by atoms with van der Waals surface area (Å²) in [7, 11) is -3.70. The van der Waals surface area contributed by atoms with Crippen molar-refractivity contribution in [1.82, 2.24) is 23.6 Å². The lowest BCUT2D eigenvalue weighted by Crippen LogP contribution is -2.49. The van der Waals surface area contributed by atoms with Crippen molar-refractivity contribution in [3.63, 3.8) is 0 Å². The fraction of sp³-hybridized carbons (Fsp3) is 0.619. The normalized spacial score (nSPS) is 21.2. The molecule has 2 saturated heterocycles. The van der Waals surface area contributed by atoms with Crippen molar-refractivity contribution in [2.24, 2.45) is 0 Å². The van der Waals surface area contributed by atoms with Gasteiger partial charge in [-0.3, -0.25) is 9.47 Å². The lowest BCUT2D eigenvalue weighted by Gasteiger charge is -2.33. The molecule has 11 heteroatoms. The molecule has 0 N–H and O–H groups in total. The van der Waals surface area contributed by atoms with Gasteiger partial charge in [-0.05, 0) is 62.5 Å². The number of nitrogens with zero attached hydrogens (tertiary/aromatic N) is 6. The summed E-state index contributed by atoms with van der Waals surface area (Å²) in [6.07, 6.45) is 5.94. The van der Waals surface area contributed by atoms with Crippen LogP contribution in [0.3, 0.4) is 0 Å². The first-order chi connectivity index (χ1) is 15.4. The standard InChI is InChI=1S/C21H29FN6O2S2/c22-17-5-4-6-19(15-17)32(29,30)26-13-11-24(12-14-26)16-27-21(31)28(18-7-8-18)20(23-27)25-9-2-1-3-10-25/h4-6,15,18H,1-3,7-14,16H2. The first-order valence-corrected chi connectivity index (χ1v) is 13.2. The Labute approximate surface area is 193 Å². The topological polar surface area (TPSA) is 66.6 Å². The number of sulfonamides is 1. The van der Waals surface area contributed by atoms with E-state index in [1.807, 2.05) is 4.68 Å². The minimum Gasteiger partial charge on any atom is -0.341 e. The molecule has 1 aromatic carbocycles. The van der Waals surface area contributed by atoms with Gasteiger partial charge in [-0.2, -0.15) is 4.31 Å². The molecule has 3 aliphatic rings. The summed E-state index contributed by atoms with van der Waals surface area (Å²) in [5.41, 5.74) is 0. The van der Waals surface area contributed by atoms with Gasteiger partial charge < -0.3 is 4.90 Å². The summed E-state index contributed by atoms with van der Waals surface area (Å²) >= 11 is 5.79. The molecular formula is C21H29FN6O2S2. The van der Waals surface area contributed by atoms with Crippen LogP contribution in [0, 0.1) is 10.6 Å². The van der Waals surface area contributed by atoms with Gasteiger partial charge in [0.15, 0.2) is 0 Å². The summed E-state index contributed by atoms with van der Waals surface area (Å²) in [5, 5.41) is 4.90. The Kier molecular flexibility index (Phi) is 6.08. The molecule has 174 valence electrons. The minimum atomic E-state index is -3.70. The average molecular weight is 481 g/mol. The first kappa shape index (κ1) is 22.0. The summed E-state index contributed by atoms with van der Waals surface area (Å²) in [6, 6.07) is 5.65. The molecule has 0 bridgehead atoms. The van der Waals surface area contributed by atoms with Crippen LogP contribution in [0.1, 0.15) is 38.1 Å². The third kappa shape index (κ3) is 4.35. The second-order valence-electron chi connectivity index (χ2n) is 8.85. The van der Waals surface area contributed by atoms with Crippen molar-refractivity contribution in [2.45, 2.75) is 49.7 Å². The average Bonchev–Trinajstić information content (AvgIpc) is 3.59. The van der Waals surface area contributed by atoms with Crippen molar-refractivity contribution in [2.75, 3.05) is 44.2 Å². The monoisotopic (exact) mass is 480 g/mol. The third-order valence-corrected chi connectivity index (χ3v) is 8.80. The number of benzene rings is 1. The van der Waals surface area contributed by atoms with Crippen LogP contribution >= 0.6 is 12.2 Å². The van der Waals surface area contributed by atoms with Crippen LogP contribution in [0.5, 0.6) is 0 Å². The number of piperidine rings is 1. The zero-order valence-corrected chi connectivity index (χ0v) is 19.7. The van der Waals surface area contributed by atoms with Crippen LogP contribution in [0.4, 0.5) is 10.3 Å². The number of hydrogen-bond donors (Lipinski definition) is 0. The molecule has 8 nitrogen and oxygen atoms in total. The lowest BCUT2D eigenvalue weighted by molar-refractivity contribution is 0.144. The number of hydrogen-bond acceptors (Lipinski definition) is 6.